The second-order valence-corrected chi connectivity index (χ2v) is 4.53. The van der Waals surface area contributed by atoms with Crippen molar-refractivity contribution in [1.82, 2.24) is 5.32 Å². The van der Waals surface area contributed by atoms with Gasteiger partial charge in [-0.05, 0) is 30.8 Å². The molecule has 0 bridgehead atoms. The molecule has 0 aromatic heterocycles. The molecule has 0 aliphatic carbocycles. The van der Waals surface area contributed by atoms with Crippen molar-refractivity contribution in [2.24, 2.45) is 0 Å². The van der Waals surface area contributed by atoms with Gasteiger partial charge in [-0.15, -0.1) is 0 Å². The molecule has 2 nitrogen and oxygen atoms in total. The number of nitrogens with one attached hydrogen (secondary N) is 1. The predicted molar refractivity (Wildman–Crippen MR) is 74.5 cm³/mol. The van der Waals surface area contributed by atoms with Crippen molar-refractivity contribution in [2.45, 2.75) is 20.1 Å². The molecule has 0 saturated heterocycles. The summed E-state index contributed by atoms with van der Waals surface area (Å²) in [4.78, 5) is 0. The van der Waals surface area contributed by atoms with Crippen molar-refractivity contribution < 1.29 is 17.9 Å². The third kappa shape index (κ3) is 3.98. The molecule has 0 unspecified atom stereocenters. The van der Waals surface area contributed by atoms with E-state index < -0.39 is 11.6 Å². The van der Waals surface area contributed by atoms with E-state index in [1.54, 1.807) is 0 Å². The zero-order valence-electron chi connectivity index (χ0n) is 11.6. The van der Waals surface area contributed by atoms with Gasteiger partial charge in [-0.1, -0.05) is 19.1 Å². The first kappa shape index (κ1) is 15.4. The quantitative estimate of drug-likeness (QED) is 0.875. The molecule has 2 rings (SSSR count). The van der Waals surface area contributed by atoms with Crippen LogP contribution in [0.2, 0.25) is 0 Å². The number of hydrogen-bond donors (Lipinski definition) is 1. The third-order valence-electron chi connectivity index (χ3n) is 3.00. The van der Waals surface area contributed by atoms with Crippen molar-refractivity contribution in [2.75, 3.05) is 6.54 Å². The van der Waals surface area contributed by atoms with Gasteiger partial charge in [0.25, 0.3) is 0 Å². The van der Waals surface area contributed by atoms with E-state index in [9.17, 15) is 13.2 Å². The zero-order chi connectivity index (χ0) is 15.2. The summed E-state index contributed by atoms with van der Waals surface area (Å²) < 4.78 is 45.4. The first-order chi connectivity index (χ1) is 10.1. The van der Waals surface area contributed by atoms with E-state index >= 15 is 0 Å². The summed E-state index contributed by atoms with van der Waals surface area (Å²) in [5.74, 6) is -1.76. The molecule has 1 N–H and O–H groups in total. The number of halogens is 3. The van der Waals surface area contributed by atoms with Crippen LogP contribution in [-0.2, 0) is 13.2 Å². The summed E-state index contributed by atoms with van der Waals surface area (Å²) in [7, 11) is 0. The van der Waals surface area contributed by atoms with Crippen LogP contribution in [0.5, 0.6) is 5.75 Å². The van der Waals surface area contributed by atoms with Gasteiger partial charge in [-0.2, -0.15) is 0 Å². The van der Waals surface area contributed by atoms with Gasteiger partial charge in [-0.25, -0.2) is 13.2 Å². The second-order valence-electron chi connectivity index (χ2n) is 4.53. The maximum atomic E-state index is 13.5. The Balaban J connectivity index is 2.14. The van der Waals surface area contributed by atoms with Crippen LogP contribution in [0.15, 0.2) is 36.4 Å². The van der Waals surface area contributed by atoms with Crippen molar-refractivity contribution in [3.63, 3.8) is 0 Å². The maximum Gasteiger partial charge on any atom is 0.165 e. The monoisotopic (exact) mass is 295 g/mol. The molecule has 21 heavy (non-hydrogen) atoms. The first-order valence-corrected chi connectivity index (χ1v) is 6.66. The van der Waals surface area contributed by atoms with E-state index in [2.05, 4.69) is 5.32 Å². The Labute approximate surface area is 121 Å². The van der Waals surface area contributed by atoms with Crippen LogP contribution in [0.4, 0.5) is 13.2 Å². The Hall–Kier alpha value is -2.01. The van der Waals surface area contributed by atoms with E-state index in [0.29, 0.717) is 17.9 Å². The van der Waals surface area contributed by atoms with Gasteiger partial charge in [0, 0.05) is 17.7 Å². The molecular formula is C16H16F3NO. The summed E-state index contributed by atoms with van der Waals surface area (Å²) in [6.07, 6.45) is 0. The normalized spacial score (nSPS) is 10.7. The fraction of sp³-hybridized carbons (Fsp3) is 0.250. The van der Waals surface area contributed by atoms with Gasteiger partial charge in [0.15, 0.2) is 11.6 Å². The molecule has 0 saturated carbocycles. The largest absolute Gasteiger partial charge is 0.488 e. The maximum absolute atomic E-state index is 13.5. The summed E-state index contributed by atoms with van der Waals surface area (Å²) in [6.45, 7) is 2.99. The molecule has 0 amide bonds. The van der Waals surface area contributed by atoms with Crippen molar-refractivity contribution in [1.29, 1.82) is 0 Å². The van der Waals surface area contributed by atoms with Gasteiger partial charge in [0.1, 0.15) is 18.2 Å². The van der Waals surface area contributed by atoms with Crippen LogP contribution >= 0.6 is 0 Å². The van der Waals surface area contributed by atoms with Crippen LogP contribution in [0.3, 0.4) is 0 Å². The highest BCUT2D eigenvalue weighted by Gasteiger charge is 2.10. The lowest BCUT2D eigenvalue weighted by Gasteiger charge is -2.12. The average Bonchev–Trinajstić information content (AvgIpc) is 2.48. The van der Waals surface area contributed by atoms with Crippen LogP contribution in [-0.4, -0.2) is 6.54 Å². The molecule has 0 spiro atoms. The van der Waals surface area contributed by atoms with Gasteiger partial charge >= 0.3 is 0 Å². The Morgan fingerprint density at radius 2 is 1.86 bits per heavy atom. The Kier molecular flexibility index (Phi) is 5.22. The number of benzene rings is 2. The third-order valence-corrected chi connectivity index (χ3v) is 3.00. The standard InChI is InChI=1S/C16H16F3NO/c1-2-20-9-12-8-13(17)6-7-15(12)21-10-11-4-3-5-14(18)16(11)19/h3-8,20H,2,9-10H2,1H3. The molecule has 2 aromatic rings. The SMILES string of the molecule is CCNCc1cc(F)ccc1OCc1cccc(F)c1F. The zero-order valence-corrected chi connectivity index (χ0v) is 11.6. The number of hydrogen-bond acceptors (Lipinski definition) is 2. The molecule has 112 valence electrons. The minimum absolute atomic E-state index is 0.117. The lowest BCUT2D eigenvalue weighted by Crippen LogP contribution is -2.13. The summed E-state index contributed by atoms with van der Waals surface area (Å²) in [5, 5.41) is 3.07. The van der Waals surface area contributed by atoms with Crippen molar-refractivity contribution >= 4 is 0 Å². The van der Waals surface area contributed by atoms with Crippen LogP contribution in [0.1, 0.15) is 18.1 Å². The van der Waals surface area contributed by atoms with Crippen molar-refractivity contribution in [3.8, 4) is 5.75 Å². The Bertz CT molecular complexity index is 616. The summed E-state index contributed by atoms with van der Waals surface area (Å²) in [5.41, 5.74) is 0.752. The first-order valence-electron chi connectivity index (χ1n) is 6.66. The van der Waals surface area contributed by atoms with Gasteiger partial charge in [0.2, 0.25) is 0 Å². The van der Waals surface area contributed by atoms with Crippen LogP contribution < -0.4 is 10.1 Å². The molecule has 5 heteroatoms. The number of ether oxygens (including phenoxy) is 1. The fourth-order valence-electron chi connectivity index (χ4n) is 1.90. The number of rotatable bonds is 6. The molecule has 0 fully saturated rings. The molecule has 0 aliphatic rings. The van der Waals surface area contributed by atoms with E-state index in [4.69, 9.17) is 4.74 Å². The van der Waals surface area contributed by atoms with E-state index in [1.807, 2.05) is 6.92 Å². The Morgan fingerprint density at radius 1 is 1.05 bits per heavy atom. The van der Waals surface area contributed by atoms with Crippen LogP contribution in [0.25, 0.3) is 0 Å². The highest BCUT2D eigenvalue weighted by atomic mass is 19.2. The second kappa shape index (κ2) is 7.13. The van der Waals surface area contributed by atoms with Gasteiger partial charge in [0.05, 0.1) is 0 Å². The lowest BCUT2D eigenvalue weighted by atomic mass is 10.2. The molecule has 0 aliphatic heterocycles. The van der Waals surface area contributed by atoms with E-state index in [-0.39, 0.29) is 18.0 Å². The Morgan fingerprint density at radius 3 is 2.62 bits per heavy atom. The summed E-state index contributed by atoms with van der Waals surface area (Å²) in [6, 6.07) is 8.03. The minimum Gasteiger partial charge on any atom is -0.488 e. The lowest BCUT2D eigenvalue weighted by molar-refractivity contribution is 0.293. The molecular weight excluding hydrogens is 279 g/mol. The topological polar surface area (TPSA) is 21.3 Å². The van der Waals surface area contributed by atoms with Gasteiger partial charge in [-0.3, -0.25) is 0 Å². The van der Waals surface area contributed by atoms with Gasteiger partial charge < -0.3 is 10.1 Å². The minimum atomic E-state index is -0.923. The smallest absolute Gasteiger partial charge is 0.165 e. The molecule has 2 aromatic carbocycles. The van der Waals surface area contributed by atoms with Crippen LogP contribution in [0, 0.1) is 17.5 Å². The predicted octanol–water partition coefficient (Wildman–Crippen LogP) is 3.79. The van der Waals surface area contributed by atoms with Crippen molar-refractivity contribution in [3.05, 3.63) is 65.0 Å². The molecule has 0 radical (unpaired) electrons. The molecule has 0 heterocycles. The highest BCUT2D eigenvalue weighted by Crippen LogP contribution is 2.22. The van der Waals surface area contributed by atoms with E-state index in [1.165, 1.54) is 30.3 Å². The van der Waals surface area contributed by atoms with E-state index in [0.717, 1.165) is 12.6 Å². The highest BCUT2D eigenvalue weighted by molar-refractivity contribution is 5.34. The fourth-order valence-corrected chi connectivity index (χ4v) is 1.90. The molecule has 0 atom stereocenters. The average molecular weight is 295 g/mol. The summed E-state index contributed by atoms with van der Waals surface area (Å²) >= 11 is 0.